The van der Waals surface area contributed by atoms with Crippen LogP contribution >= 0.6 is 0 Å². The van der Waals surface area contributed by atoms with Crippen LogP contribution in [0, 0.1) is 10.1 Å². The lowest BCUT2D eigenvalue weighted by Gasteiger charge is -2.17. The third-order valence-corrected chi connectivity index (χ3v) is 3.09. The molecule has 0 bridgehead atoms. The van der Waals surface area contributed by atoms with Crippen LogP contribution in [0.1, 0.15) is 17.2 Å². The van der Waals surface area contributed by atoms with Gasteiger partial charge in [0.2, 0.25) is 0 Å². The van der Waals surface area contributed by atoms with Gasteiger partial charge in [0, 0.05) is 6.07 Å². The zero-order valence-corrected chi connectivity index (χ0v) is 11.1. The lowest BCUT2D eigenvalue weighted by Crippen LogP contribution is -2.28. The Bertz CT molecular complexity index is 643. The minimum Gasteiger partial charge on any atom is -0.465 e. The van der Waals surface area contributed by atoms with E-state index >= 15 is 0 Å². The Hall–Kier alpha value is -2.89. The molecule has 0 heterocycles. The Balaban J connectivity index is 2.36. The number of carbonyl (C=O) groups is 1. The predicted octanol–water partition coefficient (Wildman–Crippen LogP) is 3.15. The molecular formula is C15H14N2O4. The van der Waals surface area contributed by atoms with Crippen molar-refractivity contribution in [1.82, 2.24) is 5.32 Å². The minimum atomic E-state index is -1.21. The first-order valence-electron chi connectivity index (χ1n) is 6.34. The first-order valence-corrected chi connectivity index (χ1v) is 6.34. The molecule has 6 heteroatoms. The highest BCUT2D eigenvalue weighted by Crippen LogP contribution is 2.27. The number of para-hydroxylation sites is 1. The molecule has 1 unspecified atom stereocenters. The fourth-order valence-electron chi connectivity index (χ4n) is 2.19. The number of carboxylic acid groups (broad SMARTS) is 1. The van der Waals surface area contributed by atoms with Crippen molar-refractivity contribution in [1.29, 1.82) is 0 Å². The van der Waals surface area contributed by atoms with Gasteiger partial charge >= 0.3 is 6.09 Å². The third-order valence-electron chi connectivity index (χ3n) is 3.09. The summed E-state index contributed by atoms with van der Waals surface area (Å²) in [6, 6.07) is 14.7. The van der Waals surface area contributed by atoms with Gasteiger partial charge < -0.3 is 10.4 Å². The SMILES string of the molecule is O=C(O)NC(Cc1ccccc1)c1ccccc1[N+](=O)[O-]. The van der Waals surface area contributed by atoms with Gasteiger partial charge in [0.05, 0.1) is 16.5 Å². The van der Waals surface area contributed by atoms with Crippen molar-refractivity contribution in [2.75, 3.05) is 0 Å². The molecule has 0 fully saturated rings. The van der Waals surface area contributed by atoms with Crippen molar-refractivity contribution < 1.29 is 14.8 Å². The van der Waals surface area contributed by atoms with Crippen molar-refractivity contribution in [2.45, 2.75) is 12.5 Å². The highest BCUT2D eigenvalue weighted by molar-refractivity contribution is 5.66. The maximum absolute atomic E-state index is 11.1. The molecule has 2 rings (SSSR count). The lowest BCUT2D eigenvalue weighted by atomic mass is 9.97. The van der Waals surface area contributed by atoms with Gasteiger partial charge in [-0.2, -0.15) is 0 Å². The molecule has 1 amide bonds. The molecule has 0 aromatic heterocycles. The molecule has 0 radical (unpaired) electrons. The second-order valence-corrected chi connectivity index (χ2v) is 4.51. The number of nitro groups is 1. The van der Waals surface area contributed by atoms with Crippen molar-refractivity contribution in [2.24, 2.45) is 0 Å². The lowest BCUT2D eigenvalue weighted by molar-refractivity contribution is -0.385. The smallest absolute Gasteiger partial charge is 0.405 e. The second kappa shape index (κ2) is 6.51. The molecule has 0 spiro atoms. The molecule has 0 saturated carbocycles. The number of nitrogens with zero attached hydrogens (tertiary/aromatic N) is 1. The van der Waals surface area contributed by atoms with E-state index in [0.717, 1.165) is 5.56 Å². The Morgan fingerprint density at radius 2 is 1.76 bits per heavy atom. The van der Waals surface area contributed by atoms with Crippen LogP contribution in [-0.2, 0) is 6.42 Å². The van der Waals surface area contributed by atoms with Crippen LogP contribution in [0.2, 0.25) is 0 Å². The molecule has 2 N–H and O–H groups in total. The van der Waals surface area contributed by atoms with Gasteiger partial charge in [-0.15, -0.1) is 0 Å². The van der Waals surface area contributed by atoms with Gasteiger partial charge in [0.15, 0.2) is 0 Å². The number of nitro benzene ring substituents is 1. The molecule has 0 aliphatic carbocycles. The minimum absolute atomic E-state index is 0.0906. The average Bonchev–Trinajstić information content (AvgIpc) is 2.47. The summed E-state index contributed by atoms with van der Waals surface area (Å²) in [6.45, 7) is 0. The summed E-state index contributed by atoms with van der Waals surface area (Å²) in [5, 5.41) is 22.4. The molecule has 0 saturated heterocycles. The fourth-order valence-corrected chi connectivity index (χ4v) is 2.19. The first-order chi connectivity index (χ1) is 10.1. The van der Waals surface area contributed by atoms with Crippen molar-refractivity contribution in [3.63, 3.8) is 0 Å². The monoisotopic (exact) mass is 286 g/mol. The van der Waals surface area contributed by atoms with Gasteiger partial charge in [-0.1, -0.05) is 48.5 Å². The zero-order valence-electron chi connectivity index (χ0n) is 11.1. The first kappa shape index (κ1) is 14.5. The Morgan fingerprint density at radius 1 is 1.14 bits per heavy atom. The fraction of sp³-hybridized carbons (Fsp3) is 0.133. The molecule has 0 aliphatic rings. The van der Waals surface area contributed by atoms with E-state index in [2.05, 4.69) is 5.32 Å². The van der Waals surface area contributed by atoms with E-state index in [1.54, 1.807) is 18.2 Å². The summed E-state index contributed by atoms with van der Waals surface area (Å²) in [7, 11) is 0. The standard InChI is InChI=1S/C15H14N2O4/c18-15(19)16-13(10-11-6-2-1-3-7-11)12-8-4-5-9-14(12)17(20)21/h1-9,13,16H,10H2,(H,18,19). The number of hydrogen-bond acceptors (Lipinski definition) is 3. The summed E-state index contributed by atoms with van der Waals surface area (Å²) in [5.41, 5.74) is 1.16. The van der Waals surface area contributed by atoms with Gasteiger partial charge in [-0.05, 0) is 12.0 Å². The van der Waals surface area contributed by atoms with Crippen LogP contribution in [0.5, 0.6) is 0 Å². The normalized spacial score (nSPS) is 11.6. The quantitative estimate of drug-likeness (QED) is 0.652. The van der Waals surface area contributed by atoms with Gasteiger partial charge in [-0.25, -0.2) is 4.79 Å². The highest BCUT2D eigenvalue weighted by Gasteiger charge is 2.23. The van der Waals surface area contributed by atoms with Gasteiger partial charge in [0.1, 0.15) is 0 Å². The molecular weight excluding hydrogens is 272 g/mol. The maximum Gasteiger partial charge on any atom is 0.405 e. The average molecular weight is 286 g/mol. The molecule has 108 valence electrons. The third kappa shape index (κ3) is 3.79. The highest BCUT2D eigenvalue weighted by atomic mass is 16.6. The molecule has 0 aliphatic heterocycles. The van der Waals surface area contributed by atoms with E-state index in [-0.39, 0.29) is 5.69 Å². The summed E-state index contributed by atoms with van der Waals surface area (Å²) in [4.78, 5) is 21.6. The van der Waals surface area contributed by atoms with Crippen LogP contribution in [0.3, 0.4) is 0 Å². The topological polar surface area (TPSA) is 92.5 Å². The van der Waals surface area contributed by atoms with E-state index in [9.17, 15) is 14.9 Å². The summed E-state index contributed by atoms with van der Waals surface area (Å²) in [5.74, 6) is 0. The second-order valence-electron chi connectivity index (χ2n) is 4.51. The van der Waals surface area contributed by atoms with E-state index in [4.69, 9.17) is 5.11 Å². The summed E-state index contributed by atoms with van der Waals surface area (Å²) >= 11 is 0. The molecule has 1 atom stereocenters. The van der Waals surface area contributed by atoms with E-state index in [1.807, 2.05) is 30.3 Å². The molecule has 2 aromatic carbocycles. The van der Waals surface area contributed by atoms with Crippen molar-refractivity contribution in [3.05, 3.63) is 75.8 Å². The Kier molecular flexibility index (Phi) is 4.50. The van der Waals surface area contributed by atoms with Crippen LogP contribution in [0.25, 0.3) is 0 Å². The van der Waals surface area contributed by atoms with Gasteiger partial charge in [0.25, 0.3) is 5.69 Å². The summed E-state index contributed by atoms with van der Waals surface area (Å²) in [6.07, 6.45) is -0.869. The number of benzene rings is 2. The Morgan fingerprint density at radius 3 is 2.38 bits per heavy atom. The number of rotatable bonds is 5. The molecule has 21 heavy (non-hydrogen) atoms. The zero-order chi connectivity index (χ0) is 15.2. The molecule has 6 nitrogen and oxygen atoms in total. The van der Waals surface area contributed by atoms with E-state index < -0.39 is 17.1 Å². The number of hydrogen-bond donors (Lipinski definition) is 2. The largest absolute Gasteiger partial charge is 0.465 e. The number of amides is 1. The number of nitrogens with one attached hydrogen (secondary N) is 1. The van der Waals surface area contributed by atoms with E-state index in [1.165, 1.54) is 6.07 Å². The van der Waals surface area contributed by atoms with Crippen LogP contribution in [0.4, 0.5) is 10.5 Å². The van der Waals surface area contributed by atoms with Gasteiger partial charge in [-0.3, -0.25) is 10.1 Å². The Labute approximate surface area is 121 Å². The van der Waals surface area contributed by atoms with Crippen molar-refractivity contribution in [3.8, 4) is 0 Å². The van der Waals surface area contributed by atoms with Crippen LogP contribution in [-0.4, -0.2) is 16.1 Å². The van der Waals surface area contributed by atoms with Crippen LogP contribution < -0.4 is 5.32 Å². The predicted molar refractivity (Wildman–Crippen MR) is 77.1 cm³/mol. The van der Waals surface area contributed by atoms with Crippen LogP contribution in [0.15, 0.2) is 54.6 Å². The maximum atomic E-state index is 11.1. The summed E-state index contributed by atoms with van der Waals surface area (Å²) < 4.78 is 0. The van der Waals surface area contributed by atoms with Crippen molar-refractivity contribution >= 4 is 11.8 Å². The van der Waals surface area contributed by atoms with E-state index in [0.29, 0.717) is 12.0 Å². The molecule has 2 aromatic rings.